The van der Waals surface area contributed by atoms with Gasteiger partial charge in [-0.3, -0.25) is 4.90 Å². The number of benzene rings is 1. The molecule has 114 valence electrons. The molecule has 3 heteroatoms. The molecule has 2 atom stereocenters. The Kier molecular flexibility index (Phi) is 3.23. The molecule has 0 radical (unpaired) electrons. The Hall–Kier alpha value is -1.06. The van der Waals surface area contributed by atoms with Gasteiger partial charge >= 0.3 is 0 Å². The van der Waals surface area contributed by atoms with Gasteiger partial charge in [-0.1, -0.05) is 18.2 Å². The number of piperidine rings is 1. The van der Waals surface area contributed by atoms with Crippen molar-refractivity contribution in [2.75, 3.05) is 19.6 Å². The highest BCUT2D eigenvalue weighted by molar-refractivity contribution is 5.45. The molecule has 0 bridgehead atoms. The zero-order valence-electron chi connectivity index (χ0n) is 13.2. The number of rotatable bonds is 2. The molecule has 4 rings (SSSR count). The molecule has 2 unspecified atom stereocenters. The Morgan fingerprint density at radius 2 is 2.24 bits per heavy atom. The molecule has 0 aromatic heterocycles. The van der Waals surface area contributed by atoms with Gasteiger partial charge in [-0.2, -0.15) is 0 Å². The van der Waals surface area contributed by atoms with Crippen molar-refractivity contribution in [1.29, 1.82) is 0 Å². The van der Waals surface area contributed by atoms with E-state index in [1.165, 1.54) is 37.1 Å². The van der Waals surface area contributed by atoms with E-state index >= 15 is 0 Å². The molecule has 0 amide bonds. The molecule has 0 saturated carbocycles. The summed E-state index contributed by atoms with van der Waals surface area (Å²) in [6, 6.07) is 7.41. The number of nitrogens with zero attached hydrogens (tertiary/aromatic N) is 1. The monoisotopic (exact) mass is 286 g/mol. The third kappa shape index (κ3) is 2.47. The zero-order valence-corrected chi connectivity index (χ0v) is 13.2. The Bertz CT molecular complexity index is 540. The van der Waals surface area contributed by atoms with Gasteiger partial charge in [-0.25, -0.2) is 0 Å². The predicted molar refractivity (Wildman–Crippen MR) is 84.6 cm³/mol. The van der Waals surface area contributed by atoms with Crippen LogP contribution in [0.5, 0.6) is 5.75 Å². The van der Waals surface area contributed by atoms with Gasteiger partial charge in [0.1, 0.15) is 11.4 Å². The van der Waals surface area contributed by atoms with Gasteiger partial charge in [-0.15, -0.1) is 0 Å². The van der Waals surface area contributed by atoms with Gasteiger partial charge < -0.3 is 10.1 Å². The fourth-order valence-electron chi connectivity index (χ4n) is 4.38. The Labute approximate surface area is 127 Å². The molecule has 0 aliphatic carbocycles. The van der Waals surface area contributed by atoms with E-state index in [9.17, 15) is 0 Å². The van der Waals surface area contributed by atoms with E-state index in [0.29, 0.717) is 0 Å². The summed E-state index contributed by atoms with van der Waals surface area (Å²) in [5.74, 6) is 2.02. The Morgan fingerprint density at radius 3 is 3.14 bits per heavy atom. The van der Waals surface area contributed by atoms with Crippen LogP contribution in [-0.2, 0) is 13.0 Å². The highest BCUT2D eigenvalue weighted by atomic mass is 16.5. The van der Waals surface area contributed by atoms with E-state index < -0.39 is 0 Å². The summed E-state index contributed by atoms with van der Waals surface area (Å²) in [5.41, 5.74) is 2.72. The van der Waals surface area contributed by atoms with Gasteiger partial charge in [0.05, 0.1) is 0 Å². The molecule has 3 heterocycles. The van der Waals surface area contributed by atoms with Gasteiger partial charge in [0.2, 0.25) is 0 Å². The van der Waals surface area contributed by atoms with Crippen LogP contribution in [0.1, 0.15) is 37.8 Å². The molecule has 1 aromatic carbocycles. The van der Waals surface area contributed by atoms with Crippen LogP contribution in [0.3, 0.4) is 0 Å². The molecule has 3 nitrogen and oxygen atoms in total. The van der Waals surface area contributed by atoms with E-state index in [0.717, 1.165) is 37.2 Å². The summed E-state index contributed by atoms with van der Waals surface area (Å²) >= 11 is 0. The zero-order chi connectivity index (χ0) is 14.4. The maximum Gasteiger partial charge on any atom is 0.127 e. The minimum absolute atomic E-state index is 0.0439. The molecule has 0 spiro atoms. The highest BCUT2D eigenvalue weighted by Gasteiger charge is 2.36. The summed E-state index contributed by atoms with van der Waals surface area (Å²) in [4.78, 5) is 2.68. The summed E-state index contributed by atoms with van der Waals surface area (Å²) in [7, 11) is 0. The fourth-order valence-corrected chi connectivity index (χ4v) is 4.38. The van der Waals surface area contributed by atoms with Crippen molar-refractivity contribution in [2.45, 2.75) is 51.3 Å². The average molecular weight is 286 g/mol. The lowest BCUT2D eigenvalue weighted by Gasteiger charge is -2.37. The van der Waals surface area contributed by atoms with Crippen LogP contribution in [0.25, 0.3) is 0 Å². The fraction of sp³-hybridized carbons (Fsp3) is 0.667. The molecule has 3 aliphatic rings. The molecule has 1 aromatic rings. The van der Waals surface area contributed by atoms with Crippen LogP contribution in [0.15, 0.2) is 18.2 Å². The maximum absolute atomic E-state index is 6.24. The average Bonchev–Trinajstić information content (AvgIpc) is 3.02. The number of ether oxygens (including phenoxy) is 1. The van der Waals surface area contributed by atoms with Gasteiger partial charge in [0.25, 0.3) is 0 Å². The number of likely N-dealkylation sites (tertiary alicyclic amines) is 1. The van der Waals surface area contributed by atoms with Crippen molar-refractivity contribution in [1.82, 2.24) is 10.2 Å². The summed E-state index contributed by atoms with van der Waals surface area (Å²) in [6.45, 7) is 9.02. The second-order valence-electron chi connectivity index (χ2n) is 7.54. The molecule has 1 N–H and O–H groups in total. The van der Waals surface area contributed by atoms with Crippen molar-refractivity contribution < 1.29 is 4.74 Å². The molecular formula is C18H26N2O. The molecule has 2 saturated heterocycles. The minimum Gasteiger partial charge on any atom is -0.487 e. The van der Waals surface area contributed by atoms with Crippen LogP contribution in [0.2, 0.25) is 0 Å². The topological polar surface area (TPSA) is 24.5 Å². The molecular weight excluding hydrogens is 260 g/mol. The van der Waals surface area contributed by atoms with Gasteiger partial charge in [0.15, 0.2) is 0 Å². The lowest BCUT2D eigenvalue weighted by Crippen LogP contribution is -2.44. The normalized spacial score (nSPS) is 30.8. The molecule has 3 aliphatic heterocycles. The lowest BCUT2D eigenvalue weighted by molar-refractivity contribution is 0.110. The SMILES string of the molecule is CC1(C)Cc2cccc(CN3CCCC4CNCC43)c2O1. The van der Waals surface area contributed by atoms with E-state index in [-0.39, 0.29) is 5.60 Å². The van der Waals surface area contributed by atoms with Gasteiger partial charge in [0, 0.05) is 31.1 Å². The second kappa shape index (κ2) is 4.99. The third-order valence-corrected chi connectivity index (χ3v) is 5.34. The number of fused-ring (bicyclic) bond motifs is 2. The standard InChI is InChI=1S/C18H26N2O/c1-18(2)9-13-5-3-6-15(17(13)21-18)12-20-8-4-7-14-10-19-11-16(14)20/h3,5-6,14,16,19H,4,7-12H2,1-2H3. The third-order valence-electron chi connectivity index (χ3n) is 5.34. The van der Waals surface area contributed by atoms with Gasteiger partial charge in [-0.05, 0) is 51.3 Å². The van der Waals surface area contributed by atoms with E-state index in [2.05, 4.69) is 42.3 Å². The number of hydrogen-bond acceptors (Lipinski definition) is 3. The number of hydrogen-bond donors (Lipinski definition) is 1. The first-order valence-electron chi connectivity index (χ1n) is 8.37. The summed E-state index contributed by atoms with van der Waals surface area (Å²) < 4.78 is 6.24. The summed E-state index contributed by atoms with van der Waals surface area (Å²) in [6.07, 6.45) is 3.76. The van der Waals surface area contributed by atoms with Crippen LogP contribution in [0, 0.1) is 5.92 Å². The second-order valence-corrected chi connectivity index (χ2v) is 7.54. The summed E-state index contributed by atoms with van der Waals surface area (Å²) in [5, 5.41) is 3.57. The molecule has 21 heavy (non-hydrogen) atoms. The smallest absolute Gasteiger partial charge is 0.127 e. The number of para-hydroxylation sites is 1. The van der Waals surface area contributed by atoms with Crippen LogP contribution >= 0.6 is 0 Å². The Balaban J connectivity index is 1.57. The largest absolute Gasteiger partial charge is 0.487 e. The van der Waals surface area contributed by atoms with Crippen molar-refractivity contribution in [3.05, 3.63) is 29.3 Å². The Morgan fingerprint density at radius 1 is 1.33 bits per heavy atom. The molecule has 2 fully saturated rings. The number of nitrogens with one attached hydrogen (secondary N) is 1. The van der Waals surface area contributed by atoms with E-state index in [1.54, 1.807) is 0 Å². The van der Waals surface area contributed by atoms with Crippen LogP contribution in [-0.4, -0.2) is 36.2 Å². The first-order valence-corrected chi connectivity index (χ1v) is 8.37. The van der Waals surface area contributed by atoms with Crippen LogP contribution in [0.4, 0.5) is 0 Å². The van der Waals surface area contributed by atoms with Crippen molar-refractivity contribution in [2.24, 2.45) is 5.92 Å². The first kappa shape index (κ1) is 13.6. The van der Waals surface area contributed by atoms with Crippen molar-refractivity contribution in [3.63, 3.8) is 0 Å². The first-order chi connectivity index (χ1) is 10.1. The van der Waals surface area contributed by atoms with Crippen molar-refractivity contribution in [3.8, 4) is 5.75 Å². The predicted octanol–water partition coefficient (Wildman–Crippen LogP) is 2.58. The minimum atomic E-state index is -0.0439. The van der Waals surface area contributed by atoms with Crippen LogP contribution < -0.4 is 10.1 Å². The maximum atomic E-state index is 6.24. The lowest BCUT2D eigenvalue weighted by atomic mass is 9.91. The van der Waals surface area contributed by atoms with Crippen molar-refractivity contribution >= 4 is 0 Å². The quantitative estimate of drug-likeness (QED) is 0.904. The van der Waals surface area contributed by atoms with E-state index in [1.807, 2.05) is 0 Å². The highest BCUT2D eigenvalue weighted by Crippen LogP contribution is 2.39. The van der Waals surface area contributed by atoms with E-state index in [4.69, 9.17) is 4.74 Å².